The molecule has 2 aromatic rings. The molecule has 108 valence electrons. The highest BCUT2D eigenvalue weighted by atomic mass is 79.9. The van der Waals surface area contributed by atoms with Crippen molar-refractivity contribution in [2.24, 2.45) is 5.10 Å². The Morgan fingerprint density at radius 2 is 2.43 bits per heavy atom. The number of hydrogen-bond donors (Lipinski definition) is 1. The molecule has 0 amide bonds. The lowest BCUT2D eigenvalue weighted by Crippen LogP contribution is -2.01. The van der Waals surface area contributed by atoms with Crippen LogP contribution in [0.1, 0.15) is 5.56 Å². The van der Waals surface area contributed by atoms with E-state index >= 15 is 0 Å². The Bertz CT molecular complexity index is 760. The summed E-state index contributed by atoms with van der Waals surface area (Å²) in [5, 5.41) is 10.6. The van der Waals surface area contributed by atoms with Crippen molar-refractivity contribution in [1.82, 2.24) is 14.9 Å². The molecule has 1 aromatic heterocycles. The molecular formula is C13H11BrN4O2S. The molecule has 0 unspecified atom stereocenters. The molecule has 0 atom stereocenters. The zero-order chi connectivity index (χ0) is 15.2. The highest BCUT2D eigenvalue weighted by Gasteiger charge is 2.11. The van der Waals surface area contributed by atoms with Gasteiger partial charge in [0.05, 0.1) is 13.3 Å². The number of rotatable bonds is 5. The van der Waals surface area contributed by atoms with Crippen molar-refractivity contribution in [3.8, 4) is 23.8 Å². The van der Waals surface area contributed by atoms with Crippen LogP contribution in [0.15, 0.2) is 28.0 Å². The first-order chi connectivity index (χ1) is 10.2. The summed E-state index contributed by atoms with van der Waals surface area (Å²) < 4.78 is 13.5. The van der Waals surface area contributed by atoms with E-state index < -0.39 is 0 Å². The summed E-state index contributed by atoms with van der Waals surface area (Å²) in [7, 11) is 1.55. The molecule has 21 heavy (non-hydrogen) atoms. The van der Waals surface area contributed by atoms with Gasteiger partial charge in [-0.25, -0.2) is 0 Å². The summed E-state index contributed by atoms with van der Waals surface area (Å²) in [6, 6.07) is 3.62. The normalized spacial score (nSPS) is 10.5. The fraction of sp³-hybridized carbons (Fsp3) is 0.154. The average molecular weight is 367 g/mol. The number of H-pyrrole nitrogens is 1. The topological polar surface area (TPSA) is 64.4 Å². The Labute approximate surface area is 134 Å². The lowest BCUT2D eigenvalue weighted by atomic mass is 10.2. The van der Waals surface area contributed by atoms with Gasteiger partial charge < -0.3 is 9.47 Å². The van der Waals surface area contributed by atoms with E-state index in [9.17, 15) is 0 Å². The summed E-state index contributed by atoms with van der Waals surface area (Å²) in [5.74, 6) is 3.48. The Kier molecular flexibility index (Phi) is 5.14. The summed E-state index contributed by atoms with van der Waals surface area (Å²) in [5.41, 5.74) is 0.694. The first-order valence-corrected chi connectivity index (χ1v) is 6.96. The van der Waals surface area contributed by atoms with Crippen LogP contribution in [0.4, 0.5) is 0 Å². The van der Waals surface area contributed by atoms with Crippen LogP contribution in [0.2, 0.25) is 0 Å². The molecule has 8 heteroatoms. The average Bonchev–Trinajstić information content (AvgIpc) is 2.88. The molecule has 2 rings (SSSR count). The third-order valence-electron chi connectivity index (χ3n) is 2.42. The van der Waals surface area contributed by atoms with Gasteiger partial charge in [-0.3, -0.25) is 5.10 Å². The molecule has 0 radical (unpaired) electrons. The largest absolute Gasteiger partial charge is 0.493 e. The van der Waals surface area contributed by atoms with Crippen molar-refractivity contribution in [3.05, 3.63) is 33.3 Å². The summed E-state index contributed by atoms with van der Waals surface area (Å²) in [4.78, 5) is 0. The standard InChI is InChI=1S/C13H11BrN4O2S/c1-3-4-20-12-9(5-10(14)6-11(12)19-2)7-16-18-8-15-17-13(18)21/h1,5-8H,4H2,2H3,(H,17,21)/b16-7-. The van der Waals surface area contributed by atoms with E-state index in [1.807, 2.05) is 6.07 Å². The predicted octanol–water partition coefficient (Wildman–Crippen LogP) is 2.61. The van der Waals surface area contributed by atoms with Crippen LogP contribution < -0.4 is 9.47 Å². The van der Waals surface area contributed by atoms with E-state index in [4.69, 9.17) is 28.1 Å². The second-order valence-electron chi connectivity index (χ2n) is 3.77. The second kappa shape index (κ2) is 7.06. The Morgan fingerprint density at radius 1 is 1.62 bits per heavy atom. The number of ether oxygens (including phenoxy) is 2. The maximum Gasteiger partial charge on any atom is 0.216 e. The van der Waals surface area contributed by atoms with E-state index in [-0.39, 0.29) is 6.61 Å². The van der Waals surface area contributed by atoms with Gasteiger partial charge in [0.1, 0.15) is 12.9 Å². The minimum atomic E-state index is 0.129. The van der Waals surface area contributed by atoms with Gasteiger partial charge >= 0.3 is 0 Å². The van der Waals surface area contributed by atoms with Gasteiger partial charge in [0.25, 0.3) is 0 Å². The monoisotopic (exact) mass is 366 g/mol. The third-order valence-corrected chi connectivity index (χ3v) is 3.16. The fourth-order valence-electron chi connectivity index (χ4n) is 1.55. The molecular weight excluding hydrogens is 356 g/mol. The quantitative estimate of drug-likeness (QED) is 0.501. The summed E-state index contributed by atoms with van der Waals surface area (Å²) in [6.45, 7) is 0.129. The first-order valence-electron chi connectivity index (χ1n) is 5.76. The molecule has 0 saturated heterocycles. The van der Waals surface area contributed by atoms with Crippen LogP contribution >= 0.6 is 28.1 Å². The van der Waals surface area contributed by atoms with E-state index in [0.717, 1.165) is 4.47 Å². The first kappa shape index (κ1) is 15.3. The van der Waals surface area contributed by atoms with Crippen LogP contribution in [0, 0.1) is 17.1 Å². The third kappa shape index (κ3) is 3.71. The minimum Gasteiger partial charge on any atom is -0.493 e. The number of nitrogens with one attached hydrogen (secondary N) is 1. The molecule has 1 N–H and O–H groups in total. The Hall–Kier alpha value is -2.11. The molecule has 0 aliphatic rings. The Balaban J connectivity index is 2.43. The van der Waals surface area contributed by atoms with Crippen molar-refractivity contribution in [3.63, 3.8) is 0 Å². The van der Waals surface area contributed by atoms with Crippen LogP contribution in [0.5, 0.6) is 11.5 Å². The zero-order valence-corrected chi connectivity index (χ0v) is 13.4. The Morgan fingerprint density at radius 3 is 3.05 bits per heavy atom. The molecule has 0 bridgehead atoms. The molecule has 6 nitrogen and oxygen atoms in total. The van der Waals surface area contributed by atoms with Gasteiger partial charge in [-0.05, 0) is 24.4 Å². The number of aromatic amines is 1. The van der Waals surface area contributed by atoms with Gasteiger partial charge in [-0.15, -0.1) is 6.42 Å². The molecule has 0 aliphatic heterocycles. The molecule has 0 aliphatic carbocycles. The van der Waals surface area contributed by atoms with Gasteiger partial charge in [-0.1, -0.05) is 21.9 Å². The van der Waals surface area contributed by atoms with E-state index in [0.29, 0.717) is 21.8 Å². The molecule has 1 aromatic carbocycles. The van der Waals surface area contributed by atoms with Gasteiger partial charge in [0, 0.05) is 10.0 Å². The minimum absolute atomic E-state index is 0.129. The molecule has 0 spiro atoms. The number of benzene rings is 1. The lowest BCUT2D eigenvalue weighted by Gasteiger charge is -2.12. The van der Waals surface area contributed by atoms with Crippen molar-refractivity contribution in [2.45, 2.75) is 0 Å². The van der Waals surface area contributed by atoms with Crippen LogP contribution in [-0.2, 0) is 0 Å². The number of methoxy groups -OCH3 is 1. The van der Waals surface area contributed by atoms with Crippen LogP contribution in [0.3, 0.4) is 0 Å². The summed E-state index contributed by atoms with van der Waals surface area (Å²) >= 11 is 8.42. The van der Waals surface area contributed by atoms with E-state index in [1.165, 1.54) is 11.0 Å². The summed E-state index contributed by atoms with van der Waals surface area (Å²) in [6.07, 6.45) is 8.29. The van der Waals surface area contributed by atoms with Crippen molar-refractivity contribution < 1.29 is 9.47 Å². The number of nitrogens with zero attached hydrogens (tertiary/aromatic N) is 3. The highest BCUT2D eigenvalue weighted by Crippen LogP contribution is 2.34. The van der Waals surface area contributed by atoms with Crippen LogP contribution in [-0.4, -0.2) is 34.8 Å². The maximum atomic E-state index is 5.53. The maximum absolute atomic E-state index is 5.53. The smallest absolute Gasteiger partial charge is 0.216 e. The number of terminal acetylenes is 1. The van der Waals surface area contributed by atoms with Crippen LogP contribution in [0.25, 0.3) is 0 Å². The lowest BCUT2D eigenvalue weighted by molar-refractivity contribution is 0.330. The number of aromatic nitrogens is 3. The van der Waals surface area contributed by atoms with Gasteiger partial charge in [-0.2, -0.15) is 14.9 Å². The molecule has 1 heterocycles. The van der Waals surface area contributed by atoms with Crippen molar-refractivity contribution in [1.29, 1.82) is 0 Å². The fourth-order valence-corrected chi connectivity index (χ4v) is 2.16. The zero-order valence-electron chi connectivity index (χ0n) is 11.0. The van der Waals surface area contributed by atoms with Gasteiger partial charge in [0.15, 0.2) is 11.5 Å². The molecule has 0 fully saturated rings. The SMILES string of the molecule is C#CCOc1c(/C=N\n2cn[nH]c2=S)cc(Br)cc1OC. The highest BCUT2D eigenvalue weighted by molar-refractivity contribution is 9.10. The van der Waals surface area contributed by atoms with Gasteiger partial charge in [0.2, 0.25) is 4.77 Å². The predicted molar refractivity (Wildman–Crippen MR) is 85.4 cm³/mol. The number of hydrogen-bond acceptors (Lipinski definition) is 5. The molecule has 0 saturated carbocycles. The second-order valence-corrected chi connectivity index (χ2v) is 5.07. The van der Waals surface area contributed by atoms with E-state index in [1.54, 1.807) is 19.4 Å². The van der Waals surface area contributed by atoms with Crippen molar-refractivity contribution >= 4 is 34.4 Å². The number of halogens is 1. The van der Waals surface area contributed by atoms with E-state index in [2.05, 4.69) is 37.1 Å². The van der Waals surface area contributed by atoms with Crippen molar-refractivity contribution in [2.75, 3.05) is 13.7 Å².